The summed E-state index contributed by atoms with van der Waals surface area (Å²) in [6, 6.07) is 0. The van der Waals surface area contributed by atoms with Crippen molar-refractivity contribution in [2.75, 3.05) is 0 Å². The van der Waals surface area contributed by atoms with Crippen molar-refractivity contribution >= 4 is 23.1 Å². The molecular formula is C6H18MgO2. The van der Waals surface area contributed by atoms with E-state index in [1.807, 2.05) is 0 Å². The molecule has 0 heterocycles. The van der Waals surface area contributed by atoms with Crippen LogP contribution in [-0.2, 0) is 0 Å². The van der Waals surface area contributed by atoms with Crippen molar-refractivity contribution < 1.29 is 10.2 Å². The van der Waals surface area contributed by atoms with E-state index < -0.39 is 0 Å². The van der Waals surface area contributed by atoms with Gasteiger partial charge in [-0.05, 0) is 27.7 Å². The van der Waals surface area contributed by atoms with Crippen LogP contribution in [0.2, 0.25) is 0 Å². The molecule has 0 saturated heterocycles. The Hall–Kier alpha value is 0.686. The van der Waals surface area contributed by atoms with Crippen molar-refractivity contribution in [2.45, 2.75) is 39.9 Å². The van der Waals surface area contributed by atoms with Gasteiger partial charge in [0.05, 0.1) is 0 Å². The molecular weight excluding hydrogens is 128 g/mol. The highest BCUT2D eigenvalue weighted by molar-refractivity contribution is 5.75. The Labute approximate surface area is 73.4 Å². The molecule has 2 nitrogen and oxygen atoms in total. The minimum absolute atomic E-state index is 0. The zero-order chi connectivity index (χ0) is 7.15. The van der Waals surface area contributed by atoms with E-state index in [1.54, 1.807) is 27.7 Å². The fraction of sp³-hybridized carbons (Fsp3) is 1.00. The van der Waals surface area contributed by atoms with Crippen molar-refractivity contribution in [2.24, 2.45) is 0 Å². The summed E-state index contributed by atoms with van der Waals surface area (Å²) in [4.78, 5) is 0. The predicted octanol–water partition coefficient (Wildman–Crippen LogP) is -0.142. The van der Waals surface area contributed by atoms with E-state index in [1.165, 1.54) is 0 Å². The fourth-order valence-corrected chi connectivity index (χ4v) is 0. The molecule has 3 heteroatoms. The SMILES string of the molecule is CC(C)O.CC(C)O.[MgH2]. The van der Waals surface area contributed by atoms with Gasteiger partial charge in [-0.1, -0.05) is 0 Å². The van der Waals surface area contributed by atoms with E-state index in [9.17, 15) is 0 Å². The molecule has 0 aliphatic heterocycles. The molecule has 0 aromatic carbocycles. The first kappa shape index (κ1) is 16.3. The largest absolute Gasteiger partial charge is 0.394 e. The smallest absolute Gasteiger partial charge is 0.316 e. The normalized spacial score (nSPS) is 8.00. The Morgan fingerprint density at radius 2 is 0.778 bits per heavy atom. The predicted molar refractivity (Wildman–Crippen MR) is 43.3 cm³/mol. The average molecular weight is 147 g/mol. The Morgan fingerprint density at radius 3 is 0.778 bits per heavy atom. The standard InChI is InChI=1S/2C3H8O.Mg.2H/c2*1-3(2)4;;;/h2*3-4H,1-2H3;;;. The van der Waals surface area contributed by atoms with Gasteiger partial charge in [0.1, 0.15) is 0 Å². The Kier molecular flexibility index (Phi) is 20.9. The number of hydrogen-bond acceptors (Lipinski definition) is 2. The minimum Gasteiger partial charge on any atom is -0.394 e. The maximum Gasteiger partial charge on any atom is 0.316 e. The van der Waals surface area contributed by atoms with Gasteiger partial charge in [0, 0.05) is 12.2 Å². The number of hydrogen-bond donors (Lipinski definition) is 2. The minimum atomic E-state index is -0.167. The van der Waals surface area contributed by atoms with Crippen LogP contribution in [0.3, 0.4) is 0 Å². The van der Waals surface area contributed by atoms with Gasteiger partial charge in [-0.25, -0.2) is 0 Å². The molecule has 0 aliphatic rings. The first-order valence-electron chi connectivity index (χ1n) is 2.83. The van der Waals surface area contributed by atoms with E-state index in [0.717, 1.165) is 0 Å². The van der Waals surface area contributed by atoms with Gasteiger partial charge in [0.15, 0.2) is 0 Å². The van der Waals surface area contributed by atoms with E-state index in [0.29, 0.717) is 0 Å². The first-order chi connectivity index (χ1) is 3.46. The Morgan fingerprint density at radius 1 is 0.778 bits per heavy atom. The van der Waals surface area contributed by atoms with E-state index >= 15 is 0 Å². The highest BCUT2D eigenvalue weighted by Crippen LogP contribution is 1.65. The summed E-state index contributed by atoms with van der Waals surface area (Å²) in [5, 5.41) is 16.1. The summed E-state index contributed by atoms with van der Waals surface area (Å²) in [5.74, 6) is 0. The molecule has 0 aliphatic carbocycles. The summed E-state index contributed by atoms with van der Waals surface area (Å²) in [6.45, 7) is 6.89. The van der Waals surface area contributed by atoms with E-state index in [2.05, 4.69) is 0 Å². The van der Waals surface area contributed by atoms with Gasteiger partial charge in [-0.15, -0.1) is 0 Å². The molecule has 0 rings (SSSR count). The van der Waals surface area contributed by atoms with Crippen molar-refractivity contribution in [3.8, 4) is 0 Å². The molecule has 2 N–H and O–H groups in total. The number of rotatable bonds is 0. The lowest BCUT2D eigenvalue weighted by Gasteiger charge is -1.80. The second-order valence-corrected chi connectivity index (χ2v) is 2.19. The van der Waals surface area contributed by atoms with Crippen molar-refractivity contribution in [3.05, 3.63) is 0 Å². The van der Waals surface area contributed by atoms with E-state index in [-0.39, 0.29) is 35.3 Å². The van der Waals surface area contributed by atoms with Gasteiger partial charge in [0.2, 0.25) is 0 Å². The molecule has 0 saturated carbocycles. The highest BCUT2D eigenvalue weighted by atomic mass is 24.3. The van der Waals surface area contributed by atoms with Crippen LogP contribution < -0.4 is 0 Å². The summed E-state index contributed by atoms with van der Waals surface area (Å²) in [6.07, 6.45) is -0.333. The highest BCUT2D eigenvalue weighted by Gasteiger charge is 1.69. The maximum atomic E-state index is 8.06. The van der Waals surface area contributed by atoms with Gasteiger partial charge in [-0.2, -0.15) is 0 Å². The third-order valence-electron chi connectivity index (χ3n) is 0. The fourth-order valence-electron chi connectivity index (χ4n) is 0. The molecule has 0 bridgehead atoms. The van der Waals surface area contributed by atoms with Crippen LogP contribution in [0.4, 0.5) is 0 Å². The topological polar surface area (TPSA) is 40.5 Å². The van der Waals surface area contributed by atoms with Gasteiger partial charge >= 0.3 is 23.1 Å². The maximum absolute atomic E-state index is 8.06. The third-order valence-corrected chi connectivity index (χ3v) is 0. The van der Waals surface area contributed by atoms with Crippen molar-refractivity contribution in [3.63, 3.8) is 0 Å². The van der Waals surface area contributed by atoms with Gasteiger partial charge in [-0.3, -0.25) is 0 Å². The van der Waals surface area contributed by atoms with Gasteiger partial charge < -0.3 is 10.2 Å². The molecule has 0 radical (unpaired) electrons. The van der Waals surface area contributed by atoms with Crippen LogP contribution in [-0.4, -0.2) is 45.5 Å². The summed E-state index contributed by atoms with van der Waals surface area (Å²) in [5.41, 5.74) is 0. The summed E-state index contributed by atoms with van der Waals surface area (Å²) >= 11 is 0. The first-order valence-corrected chi connectivity index (χ1v) is 2.83. The van der Waals surface area contributed by atoms with Crippen LogP contribution in [0.25, 0.3) is 0 Å². The monoisotopic (exact) mass is 146 g/mol. The zero-order valence-corrected chi connectivity index (χ0v) is 6.05. The van der Waals surface area contributed by atoms with Crippen molar-refractivity contribution in [1.82, 2.24) is 0 Å². The summed E-state index contributed by atoms with van der Waals surface area (Å²) in [7, 11) is 0. The van der Waals surface area contributed by atoms with Crippen LogP contribution in [0, 0.1) is 0 Å². The molecule has 0 aromatic rings. The van der Waals surface area contributed by atoms with Crippen LogP contribution >= 0.6 is 0 Å². The average Bonchev–Trinajstić information content (AvgIpc) is 1.25. The van der Waals surface area contributed by atoms with Crippen molar-refractivity contribution in [1.29, 1.82) is 0 Å². The zero-order valence-electron chi connectivity index (χ0n) is 6.05. The molecule has 9 heavy (non-hydrogen) atoms. The second kappa shape index (κ2) is 11.5. The number of aliphatic hydroxyl groups excluding tert-OH is 2. The van der Waals surface area contributed by atoms with Crippen LogP contribution in [0.15, 0.2) is 0 Å². The molecule has 0 atom stereocenters. The van der Waals surface area contributed by atoms with E-state index in [4.69, 9.17) is 10.2 Å². The number of aliphatic hydroxyl groups is 2. The molecule has 0 unspecified atom stereocenters. The van der Waals surface area contributed by atoms with Crippen LogP contribution in [0.5, 0.6) is 0 Å². The molecule has 56 valence electrons. The Bertz CT molecular complexity index is 26.5. The molecule has 0 spiro atoms. The Balaban J connectivity index is -0.0000000720. The lowest BCUT2D eigenvalue weighted by molar-refractivity contribution is 0.215. The molecule has 0 fully saturated rings. The van der Waals surface area contributed by atoms with Crippen LogP contribution in [0.1, 0.15) is 27.7 Å². The lowest BCUT2D eigenvalue weighted by Crippen LogP contribution is -1.85. The quantitative estimate of drug-likeness (QED) is 0.467. The third kappa shape index (κ3) is 825. The summed E-state index contributed by atoms with van der Waals surface area (Å²) < 4.78 is 0. The lowest BCUT2D eigenvalue weighted by atomic mass is 10.5. The molecule has 0 aromatic heterocycles. The second-order valence-electron chi connectivity index (χ2n) is 2.19. The molecule has 0 amide bonds. The van der Waals surface area contributed by atoms with Gasteiger partial charge in [0.25, 0.3) is 0 Å².